The number of carbonyl (C=O) groups is 1. The third kappa shape index (κ3) is 2.31. The number of ketones is 1. The van der Waals surface area contributed by atoms with Gasteiger partial charge in [-0.1, -0.05) is 37.6 Å². The number of benzene rings is 1. The minimum Gasteiger partial charge on any atom is -0.370 e. The number of Topliss-reactive ketones (excluding diaryl/α,β-unsaturated/α-hetero) is 1. The van der Waals surface area contributed by atoms with Crippen molar-refractivity contribution in [1.82, 2.24) is 0 Å². The van der Waals surface area contributed by atoms with Gasteiger partial charge >= 0.3 is 0 Å². The van der Waals surface area contributed by atoms with E-state index in [-0.39, 0.29) is 0 Å². The molecule has 2 heteroatoms. The molecule has 3 rings (SSSR count). The number of rotatable bonds is 4. The molecule has 0 spiro atoms. The molecule has 108 valence electrons. The number of ether oxygens (including phenoxy) is 1. The van der Waals surface area contributed by atoms with Crippen LogP contribution in [0.15, 0.2) is 24.3 Å². The second-order valence-electron chi connectivity index (χ2n) is 6.63. The molecule has 0 aromatic heterocycles. The Kier molecular flexibility index (Phi) is 3.68. The van der Waals surface area contributed by atoms with Crippen molar-refractivity contribution in [3.05, 3.63) is 35.4 Å². The highest BCUT2D eigenvalue weighted by atomic mass is 16.5. The molecule has 2 nitrogen and oxygen atoms in total. The van der Waals surface area contributed by atoms with E-state index in [2.05, 4.69) is 31.2 Å². The minimum absolute atomic E-state index is 0.325. The first-order valence-electron chi connectivity index (χ1n) is 7.81. The minimum atomic E-state index is -0.498. The maximum absolute atomic E-state index is 12.8. The zero-order valence-electron chi connectivity index (χ0n) is 12.5. The van der Waals surface area contributed by atoms with Gasteiger partial charge in [0.15, 0.2) is 5.78 Å². The lowest BCUT2D eigenvalue weighted by molar-refractivity contribution is -0.147. The summed E-state index contributed by atoms with van der Waals surface area (Å²) < 4.78 is 5.72. The molecule has 2 aliphatic rings. The Morgan fingerprint density at radius 2 is 2.20 bits per heavy atom. The van der Waals surface area contributed by atoms with E-state index >= 15 is 0 Å². The lowest BCUT2D eigenvalue weighted by atomic mass is 9.70. The Balaban J connectivity index is 1.70. The van der Waals surface area contributed by atoms with E-state index in [9.17, 15) is 4.79 Å². The van der Waals surface area contributed by atoms with Crippen molar-refractivity contribution in [1.29, 1.82) is 0 Å². The van der Waals surface area contributed by atoms with Crippen molar-refractivity contribution in [3.63, 3.8) is 0 Å². The van der Waals surface area contributed by atoms with Crippen LogP contribution in [0.25, 0.3) is 0 Å². The van der Waals surface area contributed by atoms with E-state index in [0.29, 0.717) is 24.0 Å². The highest BCUT2D eigenvalue weighted by Gasteiger charge is 2.43. The Bertz CT molecular complexity index is 508. The molecule has 0 radical (unpaired) electrons. The molecular formula is C18H24O2. The Morgan fingerprint density at radius 1 is 1.40 bits per heavy atom. The fourth-order valence-electron chi connectivity index (χ4n) is 4.01. The van der Waals surface area contributed by atoms with Crippen molar-refractivity contribution in [2.75, 3.05) is 7.11 Å². The zero-order chi connectivity index (χ0) is 14.2. The Hall–Kier alpha value is -1.15. The van der Waals surface area contributed by atoms with E-state index in [1.807, 2.05) is 0 Å². The second kappa shape index (κ2) is 5.33. The second-order valence-corrected chi connectivity index (χ2v) is 6.63. The number of fused-ring (bicyclic) bond motifs is 1. The van der Waals surface area contributed by atoms with E-state index in [4.69, 9.17) is 4.74 Å². The number of hydrogen-bond acceptors (Lipinski definition) is 2. The van der Waals surface area contributed by atoms with Crippen LogP contribution in [0.4, 0.5) is 0 Å². The van der Waals surface area contributed by atoms with Crippen LogP contribution in [-0.2, 0) is 16.0 Å². The van der Waals surface area contributed by atoms with Crippen LogP contribution in [-0.4, -0.2) is 18.5 Å². The average molecular weight is 272 g/mol. The summed E-state index contributed by atoms with van der Waals surface area (Å²) in [4.78, 5) is 12.8. The predicted octanol–water partition coefficient (Wildman–Crippen LogP) is 3.88. The lowest BCUT2D eigenvalue weighted by Crippen LogP contribution is -2.45. The fourth-order valence-corrected chi connectivity index (χ4v) is 4.01. The third-order valence-electron chi connectivity index (χ3n) is 5.25. The van der Waals surface area contributed by atoms with Crippen molar-refractivity contribution in [2.45, 2.75) is 57.0 Å². The number of hydrogen-bond donors (Lipinski definition) is 0. The summed E-state index contributed by atoms with van der Waals surface area (Å²) in [6, 6.07) is 8.49. The van der Waals surface area contributed by atoms with Crippen molar-refractivity contribution in [3.8, 4) is 0 Å². The normalized spacial score (nSPS) is 32.3. The molecule has 3 atom stereocenters. The SMILES string of the molecule is COC1(C(=O)CC2Cc3ccccc32)CCCC(C)C1. The number of carbonyl (C=O) groups excluding carboxylic acids is 1. The van der Waals surface area contributed by atoms with Gasteiger partial charge in [0, 0.05) is 13.5 Å². The maximum atomic E-state index is 12.8. The van der Waals surface area contributed by atoms with Crippen LogP contribution < -0.4 is 0 Å². The maximum Gasteiger partial charge on any atom is 0.165 e. The molecule has 1 aromatic carbocycles. The summed E-state index contributed by atoms with van der Waals surface area (Å²) in [5, 5.41) is 0. The molecule has 3 unspecified atom stereocenters. The predicted molar refractivity (Wildman–Crippen MR) is 79.9 cm³/mol. The van der Waals surface area contributed by atoms with Gasteiger partial charge in [-0.25, -0.2) is 0 Å². The summed E-state index contributed by atoms with van der Waals surface area (Å²) in [5.41, 5.74) is 2.28. The zero-order valence-corrected chi connectivity index (χ0v) is 12.5. The third-order valence-corrected chi connectivity index (χ3v) is 5.25. The quantitative estimate of drug-likeness (QED) is 0.831. The summed E-state index contributed by atoms with van der Waals surface area (Å²) >= 11 is 0. The van der Waals surface area contributed by atoms with Crippen molar-refractivity contribution in [2.24, 2.45) is 5.92 Å². The molecule has 0 N–H and O–H groups in total. The highest BCUT2D eigenvalue weighted by Crippen LogP contribution is 2.42. The van der Waals surface area contributed by atoms with Gasteiger partial charge in [-0.05, 0) is 48.6 Å². The lowest BCUT2D eigenvalue weighted by Gasteiger charge is -2.39. The van der Waals surface area contributed by atoms with Crippen LogP contribution >= 0.6 is 0 Å². The molecule has 2 aliphatic carbocycles. The molecule has 1 aromatic rings. The smallest absolute Gasteiger partial charge is 0.165 e. The summed E-state index contributed by atoms with van der Waals surface area (Å²) in [6.07, 6.45) is 5.85. The topological polar surface area (TPSA) is 26.3 Å². The standard InChI is InChI=1S/C18H24O2/c1-13-6-5-9-18(12-13,20-2)17(19)11-15-10-14-7-3-4-8-16(14)15/h3-4,7-8,13,15H,5-6,9-12H2,1-2H3. The number of methoxy groups -OCH3 is 1. The van der Waals surface area contributed by atoms with Gasteiger partial charge in [0.1, 0.15) is 5.60 Å². The average Bonchev–Trinajstić information content (AvgIpc) is 2.44. The van der Waals surface area contributed by atoms with Crippen LogP contribution in [0.2, 0.25) is 0 Å². The van der Waals surface area contributed by atoms with Gasteiger partial charge < -0.3 is 4.74 Å². The highest BCUT2D eigenvalue weighted by molar-refractivity contribution is 5.88. The van der Waals surface area contributed by atoms with E-state index in [1.165, 1.54) is 17.5 Å². The monoisotopic (exact) mass is 272 g/mol. The van der Waals surface area contributed by atoms with Gasteiger partial charge in [-0.3, -0.25) is 4.79 Å². The van der Waals surface area contributed by atoms with Gasteiger partial charge in [-0.15, -0.1) is 0 Å². The molecule has 0 bridgehead atoms. The van der Waals surface area contributed by atoms with E-state index < -0.39 is 5.60 Å². The first-order chi connectivity index (χ1) is 9.64. The fraction of sp³-hybridized carbons (Fsp3) is 0.611. The first-order valence-corrected chi connectivity index (χ1v) is 7.81. The first kappa shape index (κ1) is 13.8. The Morgan fingerprint density at radius 3 is 2.90 bits per heavy atom. The van der Waals surface area contributed by atoms with Crippen molar-refractivity contribution < 1.29 is 9.53 Å². The van der Waals surface area contributed by atoms with E-state index in [0.717, 1.165) is 25.7 Å². The molecule has 0 saturated heterocycles. The molecular weight excluding hydrogens is 248 g/mol. The molecule has 0 amide bonds. The van der Waals surface area contributed by atoms with Crippen LogP contribution in [0.5, 0.6) is 0 Å². The van der Waals surface area contributed by atoms with Gasteiger partial charge in [0.2, 0.25) is 0 Å². The molecule has 1 saturated carbocycles. The van der Waals surface area contributed by atoms with E-state index in [1.54, 1.807) is 7.11 Å². The van der Waals surface area contributed by atoms with Gasteiger partial charge in [-0.2, -0.15) is 0 Å². The van der Waals surface area contributed by atoms with Crippen LogP contribution in [0.3, 0.4) is 0 Å². The van der Waals surface area contributed by atoms with Gasteiger partial charge in [0.05, 0.1) is 0 Å². The Labute approximate surface area is 121 Å². The molecule has 0 heterocycles. The van der Waals surface area contributed by atoms with Crippen molar-refractivity contribution >= 4 is 5.78 Å². The molecule has 20 heavy (non-hydrogen) atoms. The van der Waals surface area contributed by atoms with Gasteiger partial charge in [0.25, 0.3) is 0 Å². The largest absolute Gasteiger partial charge is 0.370 e. The summed E-state index contributed by atoms with van der Waals surface area (Å²) in [6.45, 7) is 2.23. The molecule has 1 fully saturated rings. The van der Waals surface area contributed by atoms with Crippen LogP contribution in [0, 0.1) is 5.92 Å². The summed E-state index contributed by atoms with van der Waals surface area (Å²) in [7, 11) is 1.71. The summed E-state index contributed by atoms with van der Waals surface area (Å²) in [5.74, 6) is 1.34. The van der Waals surface area contributed by atoms with Crippen LogP contribution in [0.1, 0.15) is 56.1 Å². The molecule has 0 aliphatic heterocycles.